The third-order valence-corrected chi connectivity index (χ3v) is 4.72. The second-order valence-corrected chi connectivity index (χ2v) is 6.81. The van der Waals surface area contributed by atoms with Crippen LogP contribution in [0.2, 0.25) is 0 Å². The molecule has 0 unspecified atom stereocenters. The zero-order valence-electron chi connectivity index (χ0n) is 16.7. The molecular formula is C21H26N2O6. The molecule has 0 atom stereocenters. The summed E-state index contributed by atoms with van der Waals surface area (Å²) in [6, 6.07) is 6.45. The number of nitrogens with one attached hydrogen (secondary N) is 1. The molecule has 3 rings (SSSR count). The summed E-state index contributed by atoms with van der Waals surface area (Å²) in [4.78, 5) is 26.7. The molecule has 1 aromatic heterocycles. The molecule has 156 valence electrons. The Morgan fingerprint density at radius 3 is 2.59 bits per heavy atom. The van der Waals surface area contributed by atoms with Crippen molar-refractivity contribution < 1.29 is 23.4 Å². The second kappa shape index (κ2) is 9.97. The van der Waals surface area contributed by atoms with Crippen LogP contribution in [-0.4, -0.2) is 44.7 Å². The summed E-state index contributed by atoms with van der Waals surface area (Å²) in [5.41, 5.74) is 0.170. The standard InChI is InChI=1S/C21H26N2O6/c1-26-15-6-7-17(19(11-15)27-2)22-21(25)14-29-20-13-28-16(10-18(20)24)12-23-8-4-3-5-9-23/h6-7,10-11,13H,3-5,8-9,12,14H2,1-2H3,(H,22,25). The fraction of sp³-hybridized carbons (Fsp3) is 0.429. The number of hydrogen-bond acceptors (Lipinski definition) is 7. The summed E-state index contributed by atoms with van der Waals surface area (Å²) in [6.07, 6.45) is 4.85. The first kappa shape index (κ1) is 20.7. The van der Waals surface area contributed by atoms with Crippen LogP contribution in [0.1, 0.15) is 25.0 Å². The minimum absolute atomic E-state index is 0.00393. The van der Waals surface area contributed by atoms with Gasteiger partial charge in [0.1, 0.15) is 23.5 Å². The van der Waals surface area contributed by atoms with Gasteiger partial charge in [-0.2, -0.15) is 0 Å². The second-order valence-electron chi connectivity index (χ2n) is 6.81. The highest BCUT2D eigenvalue weighted by Crippen LogP contribution is 2.28. The maximum absolute atomic E-state index is 12.3. The Morgan fingerprint density at radius 1 is 1.10 bits per heavy atom. The number of methoxy groups -OCH3 is 2. The summed E-state index contributed by atoms with van der Waals surface area (Å²) in [5.74, 6) is 1.24. The van der Waals surface area contributed by atoms with E-state index in [-0.39, 0.29) is 17.8 Å². The quantitative estimate of drug-likeness (QED) is 0.726. The molecule has 0 radical (unpaired) electrons. The molecule has 1 amide bonds. The van der Waals surface area contributed by atoms with Crippen LogP contribution in [0.25, 0.3) is 0 Å². The van der Waals surface area contributed by atoms with Crippen LogP contribution in [0.4, 0.5) is 5.69 Å². The van der Waals surface area contributed by atoms with Crippen LogP contribution in [0.5, 0.6) is 17.2 Å². The number of hydrogen-bond donors (Lipinski definition) is 1. The monoisotopic (exact) mass is 402 g/mol. The van der Waals surface area contributed by atoms with Crippen molar-refractivity contribution in [1.29, 1.82) is 0 Å². The van der Waals surface area contributed by atoms with Crippen LogP contribution in [-0.2, 0) is 11.3 Å². The van der Waals surface area contributed by atoms with Crippen molar-refractivity contribution in [2.45, 2.75) is 25.8 Å². The number of anilines is 1. The third-order valence-electron chi connectivity index (χ3n) is 4.72. The lowest BCUT2D eigenvalue weighted by molar-refractivity contribution is -0.118. The van der Waals surface area contributed by atoms with Gasteiger partial charge in [-0.3, -0.25) is 14.5 Å². The zero-order valence-corrected chi connectivity index (χ0v) is 16.7. The molecule has 2 aromatic rings. The topological polar surface area (TPSA) is 90.2 Å². The number of ether oxygens (including phenoxy) is 3. The molecule has 1 fully saturated rings. The number of likely N-dealkylation sites (tertiary alicyclic amines) is 1. The number of rotatable bonds is 8. The fourth-order valence-corrected chi connectivity index (χ4v) is 3.20. The van der Waals surface area contributed by atoms with Gasteiger partial charge < -0.3 is 23.9 Å². The molecule has 8 heteroatoms. The molecule has 29 heavy (non-hydrogen) atoms. The molecule has 0 saturated carbocycles. The Kier molecular flexibility index (Phi) is 7.13. The molecule has 1 saturated heterocycles. The lowest BCUT2D eigenvalue weighted by Crippen LogP contribution is -2.29. The molecular weight excluding hydrogens is 376 g/mol. The highest BCUT2D eigenvalue weighted by molar-refractivity contribution is 5.93. The van der Waals surface area contributed by atoms with Crippen molar-refractivity contribution in [3.05, 3.63) is 46.5 Å². The maximum atomic E-state index is 12.3. The van der Waals surface area contributed by atoms with Crippen LogP contribution < -0.4 is 25.0 Å². The molecule has 0 bridgehead atoms. The maximum Gasteiger partial charge on any atom is 0.262 e. The van der Waals surface area contributed by atoms with Crippen molar-refractivity contribution in [2.75, 3.05) is 39.2 Å². The summed E-state index contributed by atoms with van der Waals surface area (Å²) in [5, 5.41) is 2.68. The van der Waals surface area contributed by atoms with E-state index in [2.05, 4.69) is 10.2 Å². The number of carbonyl (C=O) groups is 1. The van der Waals surface area contributed by atoms with E-state index >= 15 is 0 Å². The third kappa shape index (κ3) is 5.74. The van der Waals surface area contributed by atoms with Gasteiger partial charge in [0, 0.05) is 12.1 Å². The zero-order chi connectivity index (χ0) is 20.6. The largest absolute Gasteiger partial charge is 0.497 e. The SMILES string of the molecule is COc1ccc(NC(=O)COc2coc(CN3CCCCC3)cc2=O)c(OC)c1. The first-order valence-electron chi connectivity index (χ1n) is 9.58. The number of benzene rings is 1. The van der Waals surface area contributed by atoms with E-state index in [9.17, 15) is 9.59 Å². The van der Waals surface area contributed by atoms with E-state index in [0.717, 1.165) is 13.1 Å². The minimum atomic E-state index is -0.426. The molecule has 1 N–H and O–H groups in total. The Hall–Kier alpha value is -3.00. The Bertz CT molecular complexity index is 889. The summed E-state index contributed by atoms with van der Waals surface area (Å²) in [6.45, 7) is 2.30. The summed E-state index contributed by atoms with van der Waals surface area (Å²) < 4.78 is 21.2. The Labute approximate surface area is 169 Å². The van der Waals surface area contributed by atoms with E-state index in [1.54, 1.807) is 25.3 Å². The van der Waals surface area contributed by atoms with Gasteiger partial charge >= 0.3 is 0 Å². The van der Waals surface area contributed by atoms with Crippen molar-refractivity contribution in [1.82, 2.24) is 4.90 Å². The molecule has 0 aliphatic carbocycles. The lowest BCUT2D eigenvalue weighted by atomic mass is 10.1. The van der Waals surface area contributed by atoms with Gasteiger partial charge in [0.25, 0.3) is 5.91 Å². The van der Waals surface area contributed by atoms with Crippen LogP contribution in [0.3, 0.4) is 0 Å². The first-order valence-corrected chi connectivity index (χ1v) is 9.58. The average molecular weight is 402 g/mol. The van der Waals surface area contributed by atoms with E-state index in [4.69, 9.17) is 18.6 Å². The van der Waals surface area contributed by atoms with Crippen LogP contribution in [0, 0.1) is 0 Å². The smallest absolute Gasteiger partial charge is 0.262 e. The summed E-state index contributed by atoms with van der Waals surface area (Å²) in [7, 11) is 3.04. The number of carbonyl (C=O) groups excluding carboxylic acids is 1. The van der Waals surface area contributed by atoms with Gasteiger partial charge in [-0.15, -0.1) is 0 Å². The number of amides is 1. The highest BCUT2D eigenvalue weighted by Gasteiger charge is 2.14. The van der Waals surface area contributed by atoms with Crippen molar-refractivity contribution in [3.8, 4) is 17.2 Å². The van der Waals surface area contributed by atoms with Crippen LogP contribution in [0.15, 0.2) is 39.7 Å². The Morgan fingerprint density at radius 2 is 1.90 bits per heavy atom. The molecule has 8 nitrogen and oxygen atoms in total. The average Bonchev–Trinajstić information content (AvgIpc) is 2.74. The minimum Gasteiger partial charge on any atom is -0.497 e. The van der Waals surface area contributed by atoms with E-state index in [1.165, 1.54) is 38.7 Å². The fourth-order valence-electron chi connectivity index (χ4n) is 3.20. The van der Waals surface area contributed by atoms with Crippen molar-refractivity contribution >= 4 is 11.6 Å². The number of piperidine rings is 1. The molecule has 1 aliphatic heterocycles. The van der Waals surface area contributed by atoms with E-state index in [0.29, 0.717) is 29.5 Å². The van der Waals surface area contributed by atoms with E-state index < -0.39 is 5.91 Å². The highest BCUT2D eigenvalue weighted by atomic mass is 16.5. The summed E-state index contributed by atoms with van der Waals surface area (Å²) >= 11 is 0. The van der Waals surface area contributed by atoms with Gasteiger partial charge in [0.15, 0.2) is 6.61 Å². The Balaban J connectivity index is 1.55. The normalized spacial score (nSPS) is 14.3. The van der Waals surface area contributed by atoms with Gasteiger partial charge in [-0.1, -0.05) is 6.42 Å². The van der Waals surface area contributed by atoms with Crippen molar-refractivity contribution in [2.24, 2.45) is 0 Å². The van der Waals surface area contributed by atoms with Gasteiger partial charge in [-0.25, -0.2) is 0 Å². The molecule has 1 aliphatic rings. The van der Waals surface area contributed by atoms with Gasteiger partial charge in [0.2, 0.25) is 11.2 Å². The molecule has 2 heterocycles. The lowest BCUT2D eigenvalue weighted by Gasteiger charge is -2.25. The van der Waals surface area contributed by atoms with Crippen molar-refractivity contribution in [3.63, 3.8) is 0 Å². The predicted octanol–water partition coefficient (Wildman–Crippen LogP) is 2.66. The first-order chi connectivity index (χ1) is 14.1. The van der Waals surface area contributed by atoms with Crippen LogP contribution >= 0.6 is 0 Å². The molecule has 0 spiro atoms. The predicted molar refractivity (Wildman–Crippen MR) is 108 cm³/mol. The van der Waals surface area contributed by atoms with Gasteiger partial charge in [-0.05, 0) is 38.1 Å². The van der Waals surface area contributed by atoms with Gasteiger partial charge in [0.05, 0.1) is 26.5 Å². The van der Waals surface area contributed by atoms with E-state index in [1.807, 2.05) is 0 Å². The molecule has 1 aromatic carbocycles. The number of nitrogens with zero attached hydrogens (tertiary/aromatic N) is 1.